The van der Waals surface area contributed by atoms with Crippen LogP contribution in [0.5, 0.6) is 11.5 Å². The molecule has 5 heteroatoms. The molecule has 0 aliphatic carbocycles. The summed E-state index contributed by atoms with van der Waals surface area (Å²) in [5.41, 5.74) is 4.33. The number of anilines is 2. The maximum atomic E-state index is 12.3. The predicted octanol–water partition coefficient (Wildman–Crippen LogP) is 4.33. The molecule has 1 aliphatic heterocycles. The lowest BCUT2D eigenvalue weighted by Gasteiger charge is -2.19. The fourth-order valence-electron chi connectivity index (χ4n) is 3.06. The van der Waals surface area contributed by atoms with Crippen molar-refractivity contribution in [3.8, 4) is 11.5 Å². The number of para-hydroxylation sites is 1. The van der Waals surface area contributed by atoms with Gasteiger partial charge in [-0.2, -0.15) is 0 Å². The summed E-state index contributed by atoms with van der Waals surface area (Å²) in [6, 6.07) is 11.8. The highest BCUT2D eigenvalue weighted by atomic mass is 16.6. The van der Waals surface area contributed by atoms with E-state index < -0.39 is 0 Å². The predicted molar refractivity (Wildman–Crippen MR) is 104 cm³/mol. The standard InChI is InChI=1S/C21H26N2O3/c1-14(2)17-6-4-5-15(3)21(17)22-10-9-20(24)23-16-7-8-18-19(13-16)26-12-11-25-18/h4-8,13-14,22H,9-12H2,1-3H3,(H,23,24). The Morgan fingerprint density at radius 2 is 1.88 bits per heavy atom. The quantitative estimate of drug-likeness (QED) is 0.811. The van der Waals surface area contributed by atoms with E-state index in [-0.39, 0.29) is 5.91 Å². The van der Waals surface area contributed by atoms with E-state index in [2.05, 4.69) is 49.6 Å². The molecular formula is C21H26N2O3. The van der Waals surface area contributed by atoms with E-state index in [1.807, 2.05) is 12.1 Å². The van der Waals surface area contributed by atoms with Gasteiger partial charge in [-0.3, -0.25) is 4.79 Å². The minimum atomic E-state index is -0.0335. The fraction of sp³-hybridized carbons (Fsp3) is 0.381. The van der Waals surface area contributed by atoms with Gasteiger partial charge in [0.05, 0.1) is 0 Å². The van der Waals surface area contributed by atoms with Crippen LogP contribution < -0.4 is 20.1 Å². The van der Waals surface area contributed by atoms with Crippen LogP contribution in [0.3, 0.4) is 0 Å². The number of amides is 1. The lowest BCUT2D eigenvalue weighted by molar-refractivity contribution is -0.115. The second-order valence-corrected chi connectivity index (χ2v) is 6.78. The number of hydrogen-bond acceptors (Lipinski definition) is 4. The summed E-state index contributed by atoms with van der Waals surface area (Å²) in [5.74, 6) is 1.79. The number of hydrogen-bond donors (Lipinski definition) is 2. The Labute approximate surface area is 154 Å². The first-order valence-corrected chi connectivity index (χ1v) is 9.07. The molecule has 2 N–H and O–H groups in total. The molecule has 0 atom stereocenters. The molecule has 2 aromatic carbocycles. The van der Waals surface area contributed by atoms with Crippen LogP contribution >= 0.6 is 0 Å². The van der Waals surface area contributed by atoms with E-state index in [9.17, 15) is 4.79 Å². The third-order valence-corrected chi connectivity index (χ3v) is 4.41. The van der Waals surface area contributed by atoms with Crippen LogP contribution in [0.15, 0.2) is 36.4 Å². The van der Waals surface area contributed by atoms with Gasteiger partial charge in [0.25, 0.3) is 0 Å². The number of rotatable bonds is 6. The Bertz CT molecular complexity index is 787. The van der Waals surface area contributed by atoms with Crippen molar-refractivity contribution < 1.29 is 14.3 Å². The molecule has 0 saturated carbocycles. The highest BCUT2D eigenvalue weighted by Crippen LogP contribution is 2.32. The van der Waals surface area contributed by atoms with Gasteiger partial charge in [-0.05, 0) is 36.1 Å². The molecule has 0 spiro atoms. The molecule has 0 fully saturated rings. The van der Waals surface area contributed by atoms with Gasteiger partial charge in [-0.15, -0.1) is 0 Å². The number of benzene rings is 2. The van der Waals surface area contributed by atoms with E-state index in [1.54, 1.807) is 6.07 Å². The van der Waals surface area contributed by atoms with E-state index in [1.165, 1.54) is 11.1 Å². The first-order chi connectivity index (χ1) is 12.5. The molecule has 1 aliphatic rings. The summed E-state index contributed by atoms with van der Waals surface area (Å²) >= 11 is 0. The van der Waals surface area contributed by atoms with Crippen LogP contribution in [0.1, 0.15) is 37.3 Å². The van der Waals surface area contributed by atoms with Crippen LogP contribution in [-0.4, -0.2) is 25.7 Å². The van der Waals surface area contributed by atoms with Crippen molar-refractivity contribution in [2.75, 3.05) is 30.4 Å². The Balaban J connectivity index is 1.55. The van der Waals surface area contributed by atoms with Gasteiger partial charge >= 0.3 is 0 Å². The molecule has 2 aromatic rings. The van der Waals surface area contributed by atoms with E-state index in [0.717, 1.165) is 17.1 Å². The first-order valence-electron chi connectivity index (χ1n) is 9.07. The SMILES string of the molecule is Cc1cccc(C(C)C)c1NCCC(=O)Nc1ccc2c(c1)OCCO2. The first kappa shape index (κ1) is 18.1. The molecule has 3 rings (SSSR count). The third kappa shape index (κ3) is 4.28. The lowest BCUT2D eigenvalue weighted by Crippen LogP contribution is -2.18. The van der Waals surface area contributed by atoms with Crippen molar-refractivity contribution in [2.24, 2.45) is 0 Å². The Hall–Kier alpha value is -2.69. The highest BCUT2D eigenvalue weighted by molar-refractivity contribution is 5.91. The van der Waals surface area contributed by atoms with Crippen LogP contribution in [0.4, 0.5) is 11.4 Å². The molecule has 5 nitrogen and oxygen atoms in total. The number of carbonyl (C=O) groups is 1. The largest absolute Gasteiger partial charge is 0.486 e. The van der Waals surface area contributed by atoms with Crippen LogP contribution in [0.25, 0.3) is 0 Å². The van der Waals surface area contributed by atoms with Gasteiger partial charge in [0.2, 0.25) is 5.91 Å². The molecule has 1 amide bonds. The summed E-state index contributed by atoms with van der Waals surface area (Å²) in [4.78, 5) is 12.3. The number of nitrogens with one attached hydrogen (secondary N) is 2. The van der Waals surface area contributed by atoms with E-state index in [0.29, 0.717) is 37.8 Å². The molecule has 0 aromatic heterocycles. The number of ether oxygens (including phenoxy) is 2. The van der Waals surface area contributed by atoms with Gasteiger partial charge in [0.1, 0.15) is 13.2 Å². The van der Waals surface area contributed by atoms with E-state index >= 15 is 0 Å². The van der Waals surface area contributed by atoms with Gasteiger partial charge in [0.15, 0.2) is 11.5 Å². The molecule has 0 unspecified atom stereocenters. The van der Waals surface area contributed by atoms with Gasteiger partial charge < -0.3 is 20.1 Å². The van der Waals surface area contributed by atoms with Gasteiger partial charge in [-0.1, -0.05) is 32.0 Å². The molecular weight excluding hydrogens is 328 g/mol. The summed E-state index contributed by atoms with van der Waals surface area (Å²) in [6.45, 7) is 8.11. The van der Waals surface area contributed by atoms with Crippen molar-refractivity contribution >= 4 is 17.3 Å². The Morgan fingerprint density at radius 3 is 2.65 bits per heavy atom. The minimum Gasteiger partial charge on any atom is -0.486 e. The van der Waals surface area contributed by atoms with Crippen LogP contribution in [-0.2, 0) is 4.79 Å². The smallest absolute Gasteiger partial charge is 0.226 e. The molecule has 26 heavy (non-hydrogen) atoms. The maximum Gasteiger partial charge on any atom is 0.226 e. The zero-order valence-corrected chi connectivity index (χ0v) is 15.6. The minimum absolute atomic E-state index is 0.0335. The number of aryl methyl sites for hydroxylation is 1. The fourth-order valence-corrected chi connectivity index (χ4v) is 3.06. The molecule has 0 bridgehead atoms. The topological polar surface area (TPSA) is 59.6 Å². The van der Waals surface area contributed by atoms with Crippen LogP contribution in [0.2, 0.25) is 0 Å². The normalized spacial score (nSPS) is 12.8. The zero-order valence-electron chi connectivity index (χ0n) is 15.6. The van der Waals surface area contributed by atoms with E-state index in [4.69, 9.17) is 9.47 Å². The average molecular weight is 354 g/mol. The van der Waals surface area contributed by atoms with Gasteiger partial charge in [0, 0.05) is 30.4 Å². The number of fused-ring (bicyclic) bond motifs is 1. The van der Waals surface area contributed by atoms with Crippen molar-refractivity contribution in [3.05, 3.63) is 47.5 Å². The summed E-state index contributed by atoms with van der Waals surface area (Å²) in [7, 11) is 0. The van der Waals surface area contributed by atoms with Crippen molar-refractivity contribution in [1.82, 2.24) is 0 Å². The second kappa shape index (κ2) is 8.13. The highest BCUT2D eigenvalue weighted by Gasteiger charge is 2.13. The molecule has 138 valence electrons. The number of carbonyl (C=O) groups excluding carboxylic acids is 1. The van der Waals surface area contributed by atoms with Crippen LogP contribution in [0, 0.1) is 6.92 Å². The third-order valence-electron chi connectivity index (χ3n) is 4.41. The summed E-state index contributed by atoms with van der Waals surface area (Å²) < 4.78 is 11.0. The van der Waals surface area contributed by atoms with Gasteiger partial charge in [-0.25, -0.2) is 0 Å². The Morgan fingerprint density at radius 1 is 1.12 bits per heavy atom. The Kier molecular flexibility index (Phi) is 5.66. The second-order valence-electron chi connectivity index (χ2n) is 6.78. The summed E-state index contributed by atoms with van der Waals surface area (Å²) in [5, 5.41) is 6.34. The van der Waals surface area contributed by atoms with Crippen molar-refractivity contribution in [2.45, 2.75) is 33.1 Å². The van der Waals surface area contributed by atoms with Crippen molar-refractivity contribution in [3.63, 3.8) is 0 Å². The lowest BCUT2D eigenvalue weighted by atomic mass is 9.98. The molecule has 0 saturated heterocycles. The molecule has 1 heterocycles. The maximum absolute atomic E-state index is 12.3. The average Bonchev–Trinajstić information content (AvgIpc) is 2.62. The van der Waals surface area contributed by atoms with Crippen molar-refractivity contribution in [1.29, 1.82) is 0 Å². The zero-order chi connectivity index (χ0) is 18.5. The monoisotopic (exact) mass is 354 g/mol. The molecule has 0 radical (unpaired) electrons. The summed E-state index contributed by atoms with van der Waals surface area (Å²) in [6.07, 6.45) is 0.389.